The Morgan fingerprint density at radius 1 is 1.39 bits per heavy atom. The van der Waals surface area contributed by atoms with Crippen molar-refractivity contribution in [3.8, 4) is 0 Å². The van der Waals surface area contributed by atoms with Crippen molar-refractivity contribution in [1.29, 1.82) is 0 Å². The molecule has 0 saturated heterocycles. The van der Waals surface area contributed by atoms with E-state index >= 15 is 0 Å². The van der Waals surface area contributed by atoms with Crippen molar-refractivity contribution in [2.75, 3.05) is 0 Å². The van der Waals surface area contributed by atoms with Gasteiger partial charge in [-0.2, -0.15) is 5.10 Å². The second-order valence-electron chi connectivity index (χ2n) is 4.20. The van der Waals surface area contributed by atoms with Crippen LogP contribution in [0.3, 0.4) is 0 Å². The van der Waals surface area contributed by atoms with Crippen molar-refractivity contribution in [3.63, 3.8) is 0 Å². The smallest absolute Gasteiger partial charge is 0.129 e. The van der Waals surface area contributed by atoms with E-state index in [9.17, 15) is 9.50 Å². The SMILES string of the molecule is Cc1nn(Cc2ccc(Cl)cc2F)c(C)c1CO. The average molecular weight is 269 g/mol. The zero-order valence-corrected chi connectivity index (χ0v) is 11.0. The normalized spacial score (nSPS) is 10.9. The minimum Gasteiger partial charge on any atom is -0.392 e. The average Bonchev–Trinajstić information content (AvgIpc) is 2.58. The van der Waals surface area contributed by atoms with Gasteiger partial charge in [0.15, 0.2) is 0 Å². The van der Waals surface area contributed by atoms with Crippen molar-refractivity contribution in [3.05, 3.63) is 51.6 Å². The Hall–Kier alpha value is -1.39. The molecule has 1 heterocycles. The molecule has 5 heteroatoms. The van der Waals surface area contributed by atoms with Crippen LogP contribution in [0.1, 0.15) is 22.5 Å². The molecule has 0 aliphatic rings. The monoisotopic (exact) mass is 268 g/mol. The lowest BCUT2D eigenvalue weighted by Crippen LogP contribution is -2.06. The van der Waals surface area contributed by atoms with Crippen LogP contribution in [-0.4, -0.2) is 14.9 Å². The van der Waals surface area contributed by atoms with E-state index in [0.717, 1.165) is 17.0 Å². The summed E-state index contributed by atoms with van der Waals surface area (Å²) < 4.78 is 15.4. The molecule has 18 heavy (non-hydrogen) atoms. The minimum atomic E-state index is -0.347. The maximum absolute atomic E-state index is 13.7. The highest BCUT2D eigenvalue weighted by atomic mass is 35.5. The van der Waals surface area contributed by atoms with E-state index in [2.05, 4.69) is 5.10 Å². The molecule has 3 nitrogen and oxygen atoms in total. The van der Waals surface area contributed by atoms with Gasteiger partial charge in [-0.25, -0.2) is 4.39 Å². The molecule has 0 atom stereocenters. The van der Waals surface area contributed by atoms with Crippen LogP contribution in [0, 0.1) is 19.7 Å². The molecule has 0 aliphatic heterocycles. The van der Waals surface area contributed by atoms with Crippen LogP contribution in [-0.2, 0) is 13.2 Å². The lowest BCUT2D eigenvalue weighted by atomic mass is 10.2. The van der Waals surface area contributed by atoms with E-state index in [1.54, 1.807) is 16.8 Å². The van der Waals surface area contributed by atoms with Gasteiger partial charge in [0, 0.05) is 21.8 Å². The predicted molar refractivity (Wildman–Crippen MR) is 68.1 cm³/mol. The third-order valence-corrected chi connectivity index (χ3v) is 3.26. The molecule has 0 bridgehead atoms. The molecule has 0 unspecified atom stereocenters. The van der Waals surface area contributed by atoms with E-state index in [4.69, 9.17) is 11.6 Å². The van der Waals surface area contributed by atoms with Gasteiger partial charge in [0.1, 0.15) is 5.82 Å². The molecule has 2 rings (SSSR count). The Kier molecular flexibility index (Phi) is 3.68. The number of hydrogen-bond donors (Lipinski definition) is 1. The summed E-state index contributed by atoms with van der Waals surface area (Å²) in [5, 5.41) is 13.9. The Bertz CT molecular complexity index is 581. The second kappa shape index (κ2) is 5.08. The fourth-order valence-electron chi connectivity index (χ4n) is 1.93. The zero-order valence-electron chi connectivity index (χ0n) is 10.2. The molecule has 0 saturated carbocycles. The predicted octanol–water partition coefficient (Wildman–Crippen LogP) is 2.83. The Balaban J connectivity index is 2.34. The first-order chi connectivity index (χ1) is 8.52. The summed E-state index contributed by atoms with van der Waals surface area (Å²) >= 11 is 5.71. The van der Waals surface area contributed by atoms with E-state index in [1.165, 1.54) is 6.07 Å². The van der Waals surface area contributed by atoms with Crippen LogP contribution in [0.2, 0.25) is 5.02 Å². The first-order valence-electron chi connectivity index (χ1n) is 5.60. The molecule has 1 N–H and O–H groups in total. The van der Waals surface area contributed by atoms with Gasteiger partial charge in [-0.05, 0) is 26.0 Å². The summed E-state index contributed by atoms with van der Waals surface area (Å²) in [6.45, 7) is 3.96. The third-order valence-electron chi connectivity index (χ3n) is 3.02. The number of nitrogens with zero attached hydrogens (tertiary/aromatic N) is 2. The fourth-order valence-corrected chi connectivity index (χ4v) is 2.09. The van der Waals surface area contributed by atoms with Gasteiger partial charge >= 0.3 is 0 Å². The van der Waals surface area contributed by atoms with Crippen LogP contribution in [0.25, 0.3) is 0 Å². The highest BCUT2D eigenvalue weighted by molar-refractivity contribution is 6.30. The Morgan fingerprint density at radius 3 is 2.67 bits per heavy atom. The van der Waals surface area contributed by atoms with Gasteiger partial charge < -0.3 is 5.11 Å². The summed E-state index contributed by atoms with van der Waals surface area (Å²) in [4.78, 5) is 0. The fraction of sp³-hybridized carbons (Fsp3) is 0.308. The van der Waals surface area contributed by atoms with Gasteiger partial charge in [-0.15, -0.1) is 0 Å². The van der Waals surface area contributed by atoms with E-state index < -0.39 is 0 Å². The maximum Gasteiger partial charge on any atom is 0.129 e. The van der Waals surface area contributed by atoms with Crippen LogP contribution in [0.15, 0.2) is 18.2 Å². The molecular weight excluding hydrogens is 255 g/mol. The van der Waals surface area contributed by atoms with Gasteiger partial charge in [-0.1, -0.05) is 17.7 Å². The first-order valence-corrected chi connectivity index (χ1v) is 5.98. The lowest BCUT2D eigenvalue weighted by molar-refractivity contribution is 0.280. The number of hydrogen-bond acceptors (Lipinski definition) is 2. The van der Waals surface area contributed by atoms with Gasteiger partial charge in [0.05, 0.1) is 18.8 Å². The molecule has 0 spiro atoms. The molecule has 0 amide bonds. The number of aliphatic hydroxyl groups excluding tert-OH is 1. The number of aliphatic hydroxyl groups is 1. The summed E-state index contributed by atoms with van der Waals surface area (Å²) in [6, 6.07) is 4.58. The van der Waals surface area contributed by atoms with Crippen LogP contribution in [0.4, 0.5) is 4.39 Å². The summed E-state index contributed by atoms with van der Waals surface area (Å²) in [5.41, 5.74) is 2.94. The van der Waals surface area contributed by atoms with Crippen molar-refractivity contribution in [1.82, 2.24) is 9.78 Å². The zero-order chi connectivity index (χ0) is 13.3. The number of halogens is 2. The minimum absolute atomic E-state index is 0.0548. The highest BCUT2D eigenvalue weighted by Crippen LogP contribution is 2.18. The largest absolute Gasteiger partial charge is 0.392 e. The van der Waals surface area contributed by atoms with Crippen molar-refractivity contribution in [2.24, 2.45) is 0 Å². The van der Waals surface area contributed by atoms with Crippen molar-refractivity contribution in [2.45, 2.75) is 27.0 Å². The van der Waals surface area contributed by atoms with Gasteiger partial charge in [0.25, 0.3) is 0 Å². The number of rotatable bonds is 3. The molecule has 2 aromatic rings. The maximum atomic E-state index is 13.7. The first kappa shape index (κ1) is 13.1. The summed E-state index contributed by atoms with van der Waals surface area (Å²) in [5.74, 6) is -0.347. The second-order valence-corrected chi connectivity index (χ2v) is 4.64. The lowest BCUT2D eigenvalue weighted by Gasteiger charge is -2.06. The number of aromatic nitrogens is 2. The molecule has 96 valence electrons. The van der Waals surface area contributed by atoms with Crippen molar-refractivity contribution >= 4 is 11.6 Å². The van der Waals surface area contributed by atoms with Crippen molar-refractivity contribution < 1.29 is 9.50 Å². The Labute approximate surface area is 110 Å². The summed E-state index contributed by atoms with van der Waals surface area (Å²) in [6.07, 6.45) is 0. The summed E-state index contributed by atoms with van der Waals surface area (Å²) in [7, 11) is 0. The topological polar surface area (TPSA) is 38.0 Å². The quantitative estimate of drug-likeness (QED) is 0.930. The number of benzene rings is 1. The molecule has 1 aromatic heterocycles. The van der Waals surface area contributed by atoms with E-state index in [0.29, 0.717) is 17.1 Å². The van der Waals surface area contributed by atoms with Crippen LogP contribution in [0.5, 0.6) is 0 Å². The van der Waals surface area contributed by atoms with E-state index in [1.807, 2.05) is 13.8 Å². The van der Waals surface area contributed by atoms with Gasteiger partial charge in [-0.3, -0.25) is 4.68 Å². The van der Waals surface area contributed by atoms with Crippen LogP contribution < -0.4 is 0 Å². The number of aryl methyl sites for hydroxylation is 1. The molecular formula is C13H14ClFN2O. The third kappa shape index (κ3) is 2.40. The van der Waals surface area contributed by atoms with E-state index in [-0.39, 0.29) is 12.4 Å². The highest BCUT2D eigenvalue weighted by Gasteiger charge is 2.12. The van der Waals surface area contributed by atoms with Crippen LogP contribution >= 0.6 is 11.6 Å². The van der Waals surface area contributed by atoms with Gasteiger partial charge in [0.2, 0.25) is 0 Å². The molecule has 1 aromatic carbocycles. The molecule has 0 aliphatic carbocycles. The Morgan fingerprint density at radius 2 is 2.11 bits per heavy atom. The standard InChI is InChI=1S/C13H14ClFN2O/c1-8-12(7-18)9(2)17(16-8)6-10-3-4-11(14)5-13(10)15/h3-5,18H,6-7H2,1-2H3. The molecule has 0 fully saturated rings. The molecule has 0 radical (unpaired) electrons.